The van der Waals surface area contributed by atoms with E-state index >= 15 is 0 Å². The van der Waals surface area contributed by atoms with Gasteiger partial charge in [0.2, 0.25) is 0 Å². The lowest BCUT2D eigenvalue weighted by Crippen LogP contribution is -2.41. The maximum Gasteiger partial charge on any atom is 0.322 e. The Labute approximate surface area is 121 Å². The molecular formula is C13H19BrN2O3. The smallest absolute Gasteiger partial charge is 0.322 e. The number of rotatable bonds is 4. The number of ether oxygens (including phenoxy) is 1. The molecule has 5 N–H and O–H groups in total. The quantitative estimate of drug-likeness (QED) is 0.781. The Balaban J connectivity index is 3.54. The van der Waals surface area contributed by atoms with Crippen molar-refractivity contribution in [3.63, 3.8) is 0 Å². The number of carboxylic acids is 1. The largest absolute Gasteiger partial charge is 0.496 e. The molecule has 0 radical (unpaired) electrons. The van der Waals surface area contributed by atoms with E-state index < -0.39 is 18.1 Å². The Morgan fingerprint density at radius 3 is 2.16 bits per heavy atom. The molecule has 19 heavy (non-hydrogen) atoms. The van der Waals surface area contributed by atoms with Gasteiger partial charge >= 0.3 is 5.97 Å². The molecule has 0 amide bonds. The molecule has 1 rings (SSSR count). The highest BCUT2D eigenvalue weighted by atomic mass is 79.9. The van der Waals surface area contributed by atoms with Gasteiger partial charge in [0.25, 0.3) is 0 Å². The molecule has 106 valence electrons. The van der Waals surface area contributed by atoms with Gasteiger partial charge in [-0.05, 0) is 37.5 Å². The molecule has 0 saturated carbocycles. The van der Waals surface area contributed by atoms with Gasteiger partial charge in [0.15, 0.2) is 0 Å². The Morgan fingerprint density at radius 1 is 1.21 bits per heavy atom. The molecule has 5 nitrogen and oxygen atoms in total. The zero-order chi connectivity index (χ0) is 14.9. The maximum absolute atomic E-state index is 11.0. The summed E-state index contributed by atoms with van der Waals surface area (Å²) in [5.74, 6) is -0.536. The number of carboxylic acid groups (broad SMARTS) is 1. The Kier molecular flexibility index (Phi) is 4.95. The summed E-state index contributed by atoms with van der Waals surface area (Å²) in [4.78, 5) is 11.0. The van der Waals surface area contributed by atoms with Crippen molar-refractivity contribution in [2.24, 2.45) is 11.5 Å². The number of hydrogen-bond acceptors (Lipinski definition) is 4. The van der Waals surface area contributed by atoms with Crippen LogP contribution in [0.3, 0.4) is 0 Å². The number of nitrogens with two attached hydrogens (primary N) is 2. The zero-order valence-electron chi connectivity index (χ0n) is 11.5. The summed E-state index contributed by atoms with van der Waals surface area (Å²) in [6.45, 7) is 5.73. The zero-order valence-corrected chi connectivity index (χ0v) is 13.0. The number of benzene rings is 1. The minimum Gasteiger partial charge on any atom is -0.496 e. The van der Waals surface area contributed by atoms with Gasteiger partial charge in [-0.3, -0.25) is 4.79 Å². The van der Waals surface area contributed by atoms with Crippen LogP contribution < -0.4 is 16.2 Å². The van der Waals surface area contributed by atoms with Crippen molar-refractivity contribution in [1.82, 2.24) is 0 Å². The van der Waals surface area contributed by atoms with E-state index in [1.54, 1.807) is 0 Å². The van der Waals surface area contributed by atoms with Crippen LogP contribution in [-0.2, 0) is 4.79 Å². The molecule has 0 heterocycles. The SMILES string of the molecule is COc1c(C)c(C)c(Br)c(C)c1C(N)C(N)C(=O)O. The van der Waals surface area contributed by atoms with E-state index in [9.17, 15) is 4.79 Å². The van der Waals surface area contributed by atoms with Gasteiger partial charge < -0.3 is 21.3 Å². The van der Waals surface area contributed by atoms with Gasteiger partial charge in [-0.1, -0.05) is 15.9 Å². The van der Waals surface area contributed by atoms with Crippen LogP contribution in [0.25, 0.3) is 0 Å². The molecular weight excluding hydrogens is 312 g/mol. The summed E-state index contributed by atoms with van der Waals surface area (Å²) >= 11 is 3.50. The highest BCUT2D eigenvalue weighted by molar-refractivity contribution is 9.10. The second-order valence-electron chi connectivity index (χ2n) is 4.53. The fourth-order valence-corrected chi connectivity index (χ4v) is 2.62. The van der Waals surface area contributed by atoms with Crippen molar-refractivity contribution in [3.8, 4) is 5.75 Å². The third-order valence-electron chi connectivity index (χ3n) is 3.42. The second kappa shape index (κ2) is 5.90. The molecule has 0 saturated heterocycles. The Morgan fingerprint density at radius 2 is 1.74 bits per heavy atom. The van der Waals surface area contributed by atoms with E-state index in [0.717, 1.165) is 21.2 Å². The van der Waals surface area contributed by atoms with Crippen molar-refractivity contribution < 1.29 is 14.6 Å². The van der Waals surface area contributed by atoms with Crippen LogP contribution in [0.5, 0.6) is 5.75 Å². The van der Waals surface area contributed by atoms with E-state index in [1.807, 2.05) is 20.8 Å². The standard InChI is InChI=1S/C13H19BrN2O3/c1-5-6(2)12(19-4)8(7(3)9(5)14)10(15)11(16)13(17)18/h10-11H,15-16H2,1-4H3,(H,17,18). The van der Waals surface area contributed by atoms with E-state index in [2.05, 4.69) is 15.9 Å². The summed E-state index contributed by atoms with van der Waals surface area (Å²) in [5.41, 5.74) is 15.1. The number of halogens is 1. The van der Waals surface area contributed by atoms with Gasteiger partial charge in [-0.25, -0.2) is 0 Å². The highest BCUT2D eigenvalue weighted by Crippen LogP contribution is 2.39. The fourth-order valence-electron chi connectivity index (χ4n) is 2.10. The number of methoxy groups -OCH3 is 1. The molecule has 2 unspecified atom stereocenters. The molecule has 1 aromatic carbocycles. The van der Waals surface area contributed by atoms with E-state index in [0.29, 0.717) is 11.3 Å². The molecule has 0 aromatic heterocycles. The lowest BCUT2D eigenvalue weighted by Gasteiger charge is -2.25. The lowest BCUT2D eigenvalue weighted by molar-refractivity contribution is -0.139. The average molecular weight is 331 g/mol. The molecule has 0 aliphatic rings. The van der Waals surface area contributed by atoms with Gasteiger partial charge in [-0.2, -0.15) is 0 Å². The third-order valence-corrected chi connectivity index (χ3v) is 4.61. The van der Waals surface area contributed by atoms with Gasteiger partial charge in [-0.15, -0.1) is 0 Å². The normalized spacial score (nSPS) is 14.1. The predicted octanol–water partition coefficient (Wildman–Crippen LogP) is 1.79. The third kappa shape index (κ3) is 2.75. The molecule has 0 bridgehead atoms. The van der Waals surface area contributed by atoms with Crippen LogP contribution in [0, 0.1) is 20.8 Å². The summed E-state index contributed by atoms with van der Waals surface area (Å²) in [6, 6.07) is -2.01. The van der Waals surface area contributed by atoms with E-state index in [-0.39, 0.29) is 0 Å². The topological polar surface area (TPSA) is 98.6 Å². The lowest BCUT2D eigenvalue weighted by atomic mass is 9.91. The Hall–Kier alpha value is -1.11. The predicted molar refractivity (Wildman–Crippen MR) is 77.4 cm³/mol. The molecule has 0 fully saturated rings. The highest BCUT2D eigenvalue weighted by Gasteiger charge is 2.29. The molecule has 1 aromatic rings. The first kappa shape index (κ1) is 15.9. The van der Waals surface area contributed by atoms with Crippen molar-refractivity contribution in [2.75, 3.05) is 7.11 Å². The number of hydrogen-bond donors (Lipinski definition) is 3. The molecule has 2 atom stereocenters. The average Bonchev–Trinajstić information content (AvgIpc) is 2.38. The summed E-state index contributed by atoms with van der Waals surface area (Å²) < 4.78 is 6.29. The summed E-state index contributed by atoms with van der Waals surface area (Å²) in [7, 11) is 1.54. The van der Waals surface area contributed by atoms with Crippen molar-refractivity contribution in [2.45, 2.75) is 32.9 Å². The Bertz CT molecular complexity index is 517. The van der Waals surface area contributed by atoms with Crippen molar-refractivity contribution in [3.05, 3.63) is 26.7 Å². The van der Waals surface area contributed by atoms with Crippen LogP contribution in [0.2, 0.25) is 0 Å². The van der Waals surface area contributed by atoms with Gasteiger partial charge in [0, 0.05) is 10.0 Å². The first-order valence-corrected chi connectivity index (χ1v) is 6.60. The number of aliphatic carboxylic acids is 1. The summed E-state index contributed by atoms with van der Waals surface area (Å²) in [6.07, 6.45) is 0. The van der Waals surface area contributed by atoms with Crippen LogP contribution in [0.1, 0.15) is 28.3 Å². The fraction of sp³-hybridized carbons (Fsp3) is 0.462. The molecule has 6 heteroatoms. The molecule has 0 spiro atoms. The minimum absolute atomic E-state index is 0.599. The summed E-state index contributed by atoms with van der Waals surface area (Å²) in [5, 5.41) is 9.00. The van der Waals surface area contributed by atoms with Crippen LogP contribution in [0.15, 0.2) is 4.47 Å². The monoisotopic (exact) mass is 330 g/mol. The molecule has 0 aliphatic carbocycles. The first-order chi connectivity index (χ1) is 8.73. The van der Waals surface area contributed by atoms with E-state index in [1.165, 1.54) is 7.11 Å². The van der Waals surface area contributed by atoms with Crippen LogP contribution >= 0.6 is 15.9 Å². The van der Waals surface area contributed by atoms with E-state index in [4.69, 9.17) is 21.3 Å². The molecule has 0 aliphatic heterocycles. The van der Waals surface area contributed by atoms with Crippen LogP contribution in [-0.4, -0.2) is 24.2 Å². The second-order valence-corrected chi connectivity index (χ2v) is 5.32. The van der Waals surface area contributed by atoms with Crippen LogP contribution in [0.4, 0.5) is 0 Å². The minimum atomic E-state index is -1.18. The number of carbonyl (C=O) groups is 1. The maximum atomic E-state index is 11.0. The first-order valence-electron chi connectivity index (χ1n) is 5.81. The van der Waals surface area contributed by atoms with Gasteiger partial charge in [0.1, 0.15) is 11.8 Å². The van der Waals surface area contributed by atoms with Crippen molar-refractivity contribution in [1.29, 1.82) is 0 Å². The van der Waals surface area contributed by atoms with Crippen molar-refractivity contribution >= 4 is 21.9 Å². The van der Waals surface area contributed by atoms with Gasteiger partial charge in [0.05, 0.1) is 13.2 Å².